The van der Waals surface area contributed by atoms with Crippen molar-refractivity contribution in [2.45, 2.75) is 63.6 Å². The van der Waals surface area contributed by atoms with Crippen molar-refractivity contribution in [2.75, 3.05) is 45.9 Å². The summed E-state index contributed by atoms with van der Waals surface area (Å²) in [6.07, 6.45) is 1.91. The first-order valence-electron chi connectivity index (χ1n) is 16.1. The topological polar surface area (TPSA) is 188 Å². The number of likely N-dealkylation sites (tertiary alicyclic amines) is 1. The van der Waals surface area contributed by atoms with Gasteiger partial charge in [-0.05, 0) is 51.2 Å². The normalized spacial score (nSPS) is 18.3. The molecule has 1 saturated carbocycles. The molecular formula is C32H39FN6O9. The molecule has 5 amide bonds. The SMILES string of the molecule is CCOC(=O)N1CCN(C(=O)C(CCC(=O)O)NC(=O)c2cc(OCC(=O)N3CCCC3C(=O)NC3CC3)c3ccc(F)cc3n2)CC1. The van der Waals surface area contributed by atoms with E-state index in [0.29, 0.717) is 24.8 Å². The molecule has 0 radical (unpaired) electrons. The molecule has 2 unspecified atom stereocenters. The predicted octanol–water partition coefficient (Wildman–Crippen LogP) is 1.29. The molecule has 2 atom stereocenters. The van der Waals surface area contributed by atoms with Gasteiger partial charge in [-0.3, -0.25) is 24.0 Å². The van der Waals surface area contributed by atoms with Gasteiger partial charge in [0.2, 0.25) is 11.8 Å². The van der Waals surface area contributed by atoms with Crippen LogP contribution in [0.3, 0.4) is 0 Å². The van der Waals surface area contributed by atoms with Gasteiger partial charge in [-0.1, -0.05) is 0 Å². The monoisotopic (exact) mass is 670 g/mol. The van der Waals surface area contributed by atoms with Crippen LogP contribution in [0.4, 0.5) is 9.18 Å². The summed E-state index contributed by atoms with van der Waals surface area (Å²) in [6, 6.07) is 3.25. The molecule has 15 nitrogen and oxygen atoms in total. The molecule has 3 heterocycles. The number of fused-ring (bicyclic) bond motifs is 1. The minimum atomic E-state index is -1.24. The summed E-state index contributed by atoms with van der Waals surface area (Å²) in [5.74, 6) is -3.74. The van der Waals surface area contributed by atoms with E-state index in [-0.39, 0.29) is 68.1 Å². The summed E-state index contributed by atoms with van der Waals surface area (Å²) >= 11 is 0. The number of nitrogens with one attached hydrogen (secondary N) is 2. The van der Waals surface area contributed by atoms with Gasteiger partial charge in [-0.2, -0.15) is 0 Å². The lowest BCUT2D eigenvalue weighted by atomic mass is 10.1. The van der Waals surface area contributed by atoms with E-state index in [1.165, 1.54) is 32.9 Å². The number of hydrogen-bond donors (Lipinski definition) is 3. The maximum Gasteiger partial charge on any atom is 0.409 e. The quantitative estimate of drug-likeness (QED) is 0.297. The van der Waals surface area contributed by atoms with Crippen LogP contribution < -0.4 is 15.4 Å². The molecular weight excluding hydrogens is 631 g/mol. The fraction of sp³-hybridized carbons (Fsp3) is 0.531. The summed E-state index contributed by atoms with van der Waals surface area (Å²) < 4.78 is 25.1. The number of rotatable bonds is 12. The Morgan fingerprint density at radius 1 is 1.02 bits per heavy atom. The Bertz CT molecular complexity index is 1580. The van der Waals surface area contributed by atoms with Crippen LogP contribution in [0.15, 0.2) is 24.3 Å². The van der Waals surface area contributed by atoms with Gasteiger partial charge < -0.3 is 39.9 Å². The second kappa shape index (κ2) is 15.3. The zero-order valence-corrected chi connectivity index (χ0v) is 26.6. The molecule has 2 aromatic rings. The minimum Gasteiger partial charge on any atom is -0.483 e. The molecule has 3 aliphatic rings. The van der Waals surface area contributed by atoms with Gasteiger partial charge in [0.1, 0.15) is 29.3 Å². The summed E-state index contributed by atoms with van der Waals surface area (Å²) in [5, 5.41) is 15.1. The number of benzene rings is 1. The van der Waals surface area contributed by atoms with E-state index in [1.807, 2.05) is 0 Å². The fourth-order valence-electron chi connectivity index (χ4n) is 5.79. The zero-order chi connectivity index (χ0) is 34.4. The van der Waals surface area contributed by atoms with Gasteiger partial charge in [0.05, 0.1) is 12.1 Å². The number of carbonyl (C=O) groups is 6. The highest BCUT2D eigenvalue weighted by Gasteiger charge is 2.37. The molecule has 3 fully saturated rings. The van der Waals surface area contributed by atoms with Crippen molar-refractivity contribution in [1.29, 1.82) is 0 Å². The largest absolute Gasteiger partial charge is 0.483 e. The standard InChI is InChI=1S/C32H39FN6O9/c1-2-47-32(46)38-14-12-37(13-15-38)31(45)22(9-10-28(41)42)36-29(43)24-17-26(21-8-5-19(33)16-23(21)35-24)48-18-27(40)39-11-3-4-25(39)30(44)34-20-6-7-20/h5,8,16-17,20,22,25H,2-4,6-7,9-15,18H2,1H3,(H,34,44)(H,36,43)(H,41,42). The number of carboxylic acids is 1. The second-order valence-corrected chi connectivity index (χ2v) is 12.0. The molecule has 0 spiro atoms. The van der Waals surface area contributed by atoms with Crippen molar-refractivity contribution < 1.29 is 47.7 Å². The number of aromatic nitrogens is 1. The Morgan fingerprint density at radius 3 is 2.44 bits per heavy atom. The zero-order valence-electron chi connectivity index (χ0n) is 26.6. The number of ether oxygens (including phenoxy) is 2. The van der Waals surface area contributed by atoms with Gasteiger partial charge in [-0.25, -0.2) is 14.2 Å². The molecule has 258 valence electrons. The van der Waals surface area contributed by atoms with Crippen molar-refractivity contribution in [3.8, 4) is 5.75 Å². The summed E-state index contributed by atoms with van der Waals surface area (Å²) in [7, 11) is 0. The molecule has 48 heavy (non-hydrogen) atoms. The molecule has 1 aromatic carbocycles. The lowest BCUT2D eigenvalue weighted by Gasteiger charge is -2.35. The molecule has 2 aliphatic heterocycles. The summed E-state index contributed by atoms with van der Waals surface area (Å²) in [6.45, 7) is 2.53. The number of carboxylic acid groups (broad SMARTS) is 1. The van der Waals surface area contributed by atoms with Gasteiger partial charge in [0.15, 0.2) is 6.61 Å². The Balaban J connectivity index is 1.30. The highest BCUT2D eigenvalue weighted by Crippen LogP contribution is 2.28. The van der Waals surface area contributed by atoms with Crippen LogP contribution in [-0.4, -0.2) is 125 Å². The highest BCUT2D eigenvalue weighted by molar-refractivity contribution is 5.99. The van der Waals surface area contributed by atoms with Gasteiger partial charge >= 0.3 is 12.1 Å². The van der Waals surface area contributed by atoms with Crippen molar-refractivity contribution in [2.24, 2.45) is 0 Å². The summed E-state index contributed by atoms with van der Waals surface area (Å²) in [5.41, 5.74) is -0.199. The van der Waals surface area contributed by atoms with Crippen molar-refractivity contribution >= 4 is 46.6 Å². The van der Waals surface area contributed by atoms with Gasteiger partial charge in [0, 0.05) is 62.7 Å². The Hall–Kier alpha value is -5.02. The van der Waals surface area contributed by atoms with Crippen LogP contribution in [0.1, 0.15) is 55.9 Å². The third-order valence-corrected chi connectivity index (χ3v) is 8.48. The second-order valence-electron chi connectivity index (χ2n) is 12.0. The van der Waals surface area contributed by atoms with Gasteiger partial charge in [0.25, 0.3) is 11.8 Å². The molecule has 16 heteroatoms. The maximum absolute atomic E-state index is 14.2. The van der Waals surface area contributed by atoms with Gasteiger partial charge in [-0.15, -0.1) is 0 Å². The molecule has 0 bridgehead atoms. The van der Waals surface area contributed by atoms with Crippen molar-refractivity contribution in [3.05, 3.63) is 35.8 Å². The van der Waals surface area contributed by atoms with E-state index in [4.69, 9.17) is 9.47 Å². The molecule has 5 rings (SSSR count). The maximum atomic E-state index is 14.2. The van der Waals surface area contributed by atoms with Crippen LogP contribution in [0.2, 0.25) is 0 Å². The van der Waals surface area contributed by atoms with E-state index in [9.17, 15) is 38.3 Å². The number of nitrogens with zero attached hydrogens (tertiary/aromatic N) is 4. The average molecular weight is 671 g/mol. The van der Waals surface area contributed by atoms with Crippen molar-refractivity contribution in [1.82, 2.24) is 30.3 Å². The number of halogens is 1. The molecule has 1 aliphatic carbocycles. The smallest absolute Gasteiger partial charge is 0.409 e. The first-order valence-corrected chi connectivity index (χ1v) is 16.1. The number of piperazine rings is 1. The highest BCUT2D eigenvalue weighted by atomic mass is 19.1. The van der Waals surface area contributed by atoms with E-state index in [0.717, 1.165) is 18.9 Å². The predicted molar refractivity (Wildman–Crippen MR) is 166 cm³/mol. The number of amides is 5. The molecule has 3 N–H and O–H groups in total. The Kier molecular flexibility index (Phi) is 10.9. The first kappa shape index (κ1) is 34.3. The minimum absolute atomic E-state index is 0.0523. The van der Waals surface area contributed by atoms with E-state index in [2.05, 4.69) is 15.6 Å². The van der Waals surface area contributed by atoms with Crippen LogP contribution in [0.25, 0.3) is 10.9 Å². The van der Waals surface area contributed by atoms with Crippen LogP contribution >= 0.6 is 0 Å². The Labute approximate surface area is 275 Å². The number of carbonyl (C=O) groups excluding carboxylic acids is 5. The van der Waals surface area contributed by atoms with E-state index < -0.39 is 60.7 Å². The molecule has 1 aromatic heterocycles. The van der Waals surface area contributed by atoms with Crippen LogP contribution in [0, 0.1) is 5.82 Å². The Morgan fingerprint density at radius 2 is 1.75 bits per heavy atom. The van der Waals surface area contributed by atoms with Crippen molar-refractivity contribution in [3.63, 3.8) is 0 Å². The average Bonchev–Trinajstić information content (AvgIpc) is 3.74. The lowest BCUT2D eigenvalue weighted by molar-refractivity contribution is -0.140. The third kappa shape index (κ3) is 8.46. The number of pyridine rings is 1. The molecule has 2 saturated heterocycles. The first-order chi connectivity index (χ1) is 23.0. The van der Waals surface area contributed by atoms with E-state index in [1.54, 1.807) is 6.92 Å². The van der Waals surface area contributed by atoms with Crippen LogP contribution in [-0.2, 0) is 23.9 Å². The lowest BCUT2D eigenvalue weighted by Crippen LogP contribution is -2.56. The van der Waals surface area contributed by atoms with Crippen LogP contribution in [0.5, 0.6) is 5.75 Å². The number of aliphatic carboxylic acids is 1. The number of hydrogen-bond acceptors (Lipinski definition) is 9. The third-order valence-electron chi connectivity index (χ3n) is 8.48. The fourth-order valence-corrected chi connectivity index (χ4v) is 5.79. The van der Waals surface area contributed by atoms with E-state index >= 15 is 0 Å². The summed E-state index contributed by atoms with van der Waals surface area (Å²) in [4.78, 5) is 84.9.